The van der Waals surface area contributed by atoms with Crippen molar-refractivity contribution >= 4 is 23.3 Å². The standard InChI is InChI=1S/C13H9N3O4/c17-15(18)11-7-5-10(6-8-11)9-14-12-3-1-2-4-13(12)16(19)20/h1-9H. The third kappa shape index (κ3) is 3.02. The molecule has 0 saturated heterocycles. The molecule has 7 nitrogen and oxygen atoms in total. The Balaban J connectivity index is 2.25. The molecule has 0 unspecified atom stereocenters. The number of para-hydroxylation sites is 2. The number of aliphatic imine (C=N–C) groups is 1. The van der Waals surface area contributed by atoms with Crippen LogP contribution in [0.2, 0.25) is 0 Å². The monoisotopic (exact) mass is 271 g/mol. The van der Waals surface area contributed by atoms with Gasteiger partial charge in [-0.1, -0.05) is 12.1 Å². The lowest BCUT2D eigenvalue weighted by Gasteiger charge is -1.96. The second kappa shape index (κ2) is 5.70. The highest BCUT2D eigenvalue weighted by Crippen LogP contribution is 2.26. The van der Waals surface area contributed by atoms with Gasteiger partial charge in [-0.3, -0.25) is 20.2 Å². The molecule has 2 rings (SSSR count). The van der Waals surface area contributed by atoms with Crippen molar-refractivity contribution < 1.29 is 9.85 Å². The Kier molecular flexibility index (Phi) is 3.80. The second-order valence-corrected chi connectivity index (χ2v) is 3.85. The zero-order chi connectivity index (χ0) is 14.5. The third-order valence-electron chi connectivity index (χ3n) is 2.54. The van der Waals surface area contributed by atoms with E-state index in [9.17, 15) is 20.2 Å². The van der Waals surface area contributed by atoms with E-state index >= 15 is 0 Å². The topological polar surface area (TPSA) is 98.6 Å². The second-order valence-electron chi connectivity index (χ2n) is 3.85. The Morgan fingerprint density at radius 3 is 2.15 bits per heavy atom. The van der Waals surface area contributed by atoms with Crippen LogP contribution < -0.4 is 0 Å². The van der Waals surface area contributed by atoms with Crippen LogP contribution in [0.25, 0.3) is 0 Å². The maximum absolute atomic E-state index is 10.8. The van der Waals surface area contributed by atoms with Crippen molar-refractivity contribution in [3.63, 3.8) is 0 Å². The average molecular weight is 271 g/mol. The van der Waals surface area contributed by atoms with Crippen molar-refractivity contribution in [1.82, 2.24) is 0 Å². The van der Waals surface area contributed by atoms with Crippen LogP contribution in [0.15, 0.2) is 53.5 Å². The molecule has 0 fully saturated rings. The summed E-state index contributed by atoms with van der Waals surface area (Å²) in [4.78, 5) is 24.3. The zero-order valence-electron chi connectivity index (χ0n) is 10.2. The lowest BCUT2D eigenvalue weighted by atomic mass is 10.2. The minimum atomic E-state index is -0.511. The molecule has 100 valence electrons. The van der Waals surface area contributed by atoms with Crippen molar-refractivity contribution in [3.8, 4) is 0 Å². The normalized spacial score (nSPS) is 10.6. The molecule has 0 saturated carbocycles. The molecule has 0 aliphatic heterocycles. The summed E-state index contributed by atoms with van der Waals surface area (Å²) in [6.07, 6.45) is 1.42. The van der Waals surface area contributed by atoms with Gasteiger partial charge in [0.2, 0.25) is 0 Å². The Hall–Kier alpha value is -3.09. The summed E-state index contributed by atoms with van der Waals surface area (Å²) in [5, 5.41) is 21.3. The van der Waals surface area contributed by atoms with E-state index < -0.39 is 9.85 Å². The Morgan fingerprint density at radius 1 is 0.900 bits per heavy atom. The predicted molar refractivity (Wildman–Crippen MR) is 73.4 cm³/mol. The van der Waals surface area contributed by atoms with Gasteiger partial charge in [-0.2, -0.15) is 0 Å². The molecular weight excluding hydrogens is 262 g/mol. The predicted octanol–water partition coefficient (Wildman–Crippen LogP) is 3.25. The molecule has 2 aromatic carbocycles. The highest BCUT2D eigenvalue weighted by atomic mass is 16.6. The first-order valence-corrected chi connectivity index (χ1v) is 5.60. The van der Waals surface area contributed by atoms with E-state index in [0.717, 1.165) is 0 Å². The van der Waals surface area contributed by atoms with Crippen molar-refractivity contribution in [2.75, 3.05) is 0 Å². The van der Waals surface area contributed by atoms with Crippen LogP contribution in [-0.4, -0.2) is 16.1 Å². The van der Waals surface area contributed by atoms with Gasteiger partial charge >= 0.3 is 0 Å². The van der Waals surface area contributed by atoms with Gasteiger partial charge in [0.25, 0.3) is 11.4 Å². The van der Waals surface area contributed by atoms with Crippen LogP contribution in [0.1, 0.15) is 5.56 Å². The van der Waals surface area contributed by atoms with Crippen LogP contribution in [0, 0.1) is 20.2 Å². The number of rotatable bonds is 4. The summed E-state index contributed by atoms with van der Waals surface area (Å²) >= 11 is 0. The van der Waals surface area contributed by atoms with E-state index in [-0.39, 0.29) is 17.1 Å². The number of hydrogen-bond acceptors (Lipinski definition) is 5. The fourth-order valence-corrected chi connectivity index (χ4v) is 1.55. The van der Waals surface area contributed by atoms with Crippen LogP contribution in [-0.2, 0) is 0 Å². The van der Waals surface area contributed by atoms with Crippen molar-refractivity contribution in [1.29, 1.82) is 0 Å². The Bertz CT molecular complexity index is 680. The fraction of sp³-hybridized carbons (Fsp3) is 0. The summed E-state index contributed by atoms with van der Waals surface area (Å²) in [5.41, 5.74) is 0.739. The average Bonchev–Trinajstić information content (AvgIpc) is 2.45. The quantitative estimate of drug-likeness (QED) is 0.484. The maximum atomic E-state index is 10.8. The molecule has 0 N–H and O–H groups in total. The molecule has 0 atom stereocenters. The molecule has 0 aliphatic rings. The highest BCUT2D eigenvalue weighted by molar-refractivity contribution is 5.83. The van der Waals surface area contributed by atoms with Gasteiger partial charge in [0.05, 0.1) is 9.85 Å². The molecule has 0 aromatic heterocycles. The van der Waals surface area contributed by atoms with E-state index in [1.165, 1.54) is 42.6 Å². The molecule has 0 aliphatic carbocycles. The minimum absolute atomic E-state index is 0.0205. The fourth-order valence-electron chi connectivity index (χ4n) is 1.55. The van der Waals surface area contributed by atoms with E-state index in [1.807, 2.05) is 0 Å². The van der Waals surface area contributed by atoms with Crippen LogP contribution in [0.4, 0.5) is 17.1 Å². The highest BCUT2D eigenvalue weighted by Gasteiger charge is 2.10. The van der Waals surface area contributed by atoms with Gasteiger partial charge in [0, 0.05) is 24.4 Å². The van der Waals surface area contributed by atoms with Gasteiger partial charge < -0.3 is 0 Å². The van der Waals surface area contributed by atoms with Gasteiger partial charge in [-0.05, 0) is 23.8 Å². The maximum Gasteiger partial charge on any atom is 0.294 e. The summed E-state index contributed by atoms with van der Waals surface area (Å²) in [5.74, 6) is 0. The van der Waals surface area contributed by atoms with E-state index in [2.05, 4.69) is 4.99 Å². The van der Waals surface area contributed by atoms with Gasteiger partial charge in [0.15, 0.2) is 0 Å². The third-order valence-corrected chi connectivity index (χ3v) is 2.54. The van der Waals surface area contributed by atoms with E-state index in [4.69, 9.17) is 0 Å². The number of benzene rings is 2. The smallest absolute Gasteiger partial charge is 0.258 e. The molecule has 0 heterocycles. The summed E-state index contributed by atoms with van der Waals surface area (Å²) in [6, 6.07) is 11.8. The van der Waals surface area contributed by atoms with Crippen molar-refractivity contribution in [3.05, 3.63) is 74.3 Å². The lowest BCUT2D eigenvalue weighted by Crippen LogP contribution is -1.89. The molecule has 0 spiro atoms. The Morgan fingerprint density at radius 2 is 1.55 bits per heavy atom. The first kappa shape index (κ1) is 13.3. The molecule has 0 bridgehead atoms. The first-order chi connectivity index (χ1) is 9.58. The van der Waals surface area contributed by atoms with Crippen molar-refractivity contribution in [2.45, 2.75) is 0 Å². The van der Waals surface area contributed by atoms with E-state index in [0.29, 0.717) is 5.56 Å². The Labute approximate surface area is 113 Å². The van der Waals surface area contributed by atoms with Crippen LogP contribution >= 0.6 is 0 Å². The minimum Gasteiger partial charge on any atom is -0.258 e. The lowest BCUT2D eigenvalue weighted by molar-refractivity contribution is -0.384. The largest absolute Gasteiger partial charge is 0.294 e. The number of nitro groups is 2. The SMILES string of the molecule is O=[N+]([O-])c1ccc(C=Nc2ccccc2[N+](=O)[O-])cc1. The van der Waals surface area contributed by atoms with Crippen molar-refractivity contribution in [2.24, 2.45) is 4.99 Å². The molecule has 2 aromatic rings. The summed E-state index contributed by atoms with van der Waals surface area (Å²) in [7, 11) is 0. The summed E-state index contributed by atoms with van der Waals surface area (Å²) < 4.78 is 0. The zero-order valence-corrected chi connectivity index (χ0v) is 10.2. The first-order valence-electron chi connectivity index (χ1n) is 5.60. The number of nitrogens with zero attached hydrogens (tertiary/aromatic N) is 3. The van der Waals surface area contributed by atoms with Gasteiger partial charge in [-0.25, -0.2) is 4.99 Å². The van der Waals surface area contributed by atoms with Crippen LogP contribution in [0.3, 0.4) is 0 Å². The molecule has 20 heavy (non-hydrogen) atoms. The van der Waals surface area contributed by atoms with Gasteiger partial charge in [-0.15, -0.1) is 0 Å². The number of nitro benzene ring substituents is 2. The van der Waals surface area contributed by atoms with Crippen LogP contribution in [0.5, 0.6) is 0 Å². The molecule has 7 heteroatoms. The molecular formula is C13H9N3O4. The van der Waals surface area contributed by atoms with E-state index in [1.54, 1.807) is 12.1 Å². The summed E-state index contributed by atoms with van der Waals surface area (Å²) in [6.45, 7) is 0. The van der Waals surface area contributed by atoms with Gasteiger partial charge in [0.1, 0.15) is 5.69 Å². The molecule has 0 amide bonds. The number of non-ortho nitro benzene ring substituents is 1. The molecule has 0 radical (unpaired) electrons. The number of hydrogen-bond donors (Lipinski definition) is 0.